The van der Waals surface area contributed by atoms with Gasteiger partial charge in [0, 0.05) is 25.5 Å². The number of aliphatic carboxylic acids is 1. The molecule has 0 aromatic rings. The molecule has 6 nitrogen and oxygen atoms in total. The number of carboxylic acids is 1. The van der Waals surface area contributed by atoms with Gasteiger partial charge in [-0.25, -0.2) is 4.79 Å². The molecule has 6 heteroatoms. The van der Waals surface area contributed by atoms with Gasteiger partial charge in [-0.05, 0) is 6.92 Å². The standard InChI is InChI=1S/C9H15NO5/c1-5(12)8(9(14)15)10-3-6(4-11)2-7(10)13/h5-6,8,11-12H,2-4H2,1H3,(H,14,15)/t5-,6?,8-/m0/s1. The number of aliphatic hydroxyl groups is 2. The fourth-order valence-electron chi connectivity index (χ4n) is 1.80. The highest BCUT2D eigenvalue weighted by molar-refractivity contribution is 5.85. The van der Waals surface area contributed by atoms with Crippen LogP contribution in [-0.2, 0) is 9.59 Å². The molecule has 15 heavy (non-hydrogen) atoms. The van der Waals surface area contributed by atoms with Gasteiger partial charge >= 0.3 is 5.97 Å². The molecule has 3 atom stereocenters. The number of hydrogen-bond acceptors (Lipinski definition) is 4. The fraction of sp³-hybridized carbons (Fsp3) is 0.778. The molecule has 1 saturated heterocycles. The van der Waals surface area contributed by atoms with Crippen LogP contribution in [0.4, 0.5) is 0 Å². The second-order valence-electron chi connectivity index (χ2n) is 3.82. The third kappa shape index (κ3) is 2.45. The lowest BCUT2D eigenvalue weighted by Gasteiger charge is -2.26. The second-order valence-corrected chi connectivity index (χ2v) is 3.82. The van der Waals surface area contributed by atoms with Crippen LogP contribution in [0.2, 0.25) is 0 Å². The number of carbonyl (C=O) groups excluding carboxylic acids is 1. The van der Waals surface area contributed by atoms with Crippen molar-refractivity contribution in [2.45, 2.75) is 25.5 Å². The first kappa shape index (κ1) is 11.9. The van der Waals surface area contributed by atoms with Crippen molar-refractivity contribution in [2.75, 3.05) is 13.2 Å². The SMILES string of the molecule is C[C@H](O)[C@@H](C(=O)O)N1CC(CO)CC1=O. The first-order valence-electron chi connectivity index (χ1n) is 4.78. The molecule has 1 unspecified atom stereocenters. The van der Waals surface area contributed by atoms with Gasteiger partial charge in [0.1, 0.15) is 0 Å². The monoisotopic (exact) mass is 217 g/mol. The Hall–Kier alpha value is -1.14. The van der Waals surface area contributed by atoms with Gasteiger partial charge < -0.3 is 20.2 Å². The van der Waals surface area contributed by atoms with Crippen molar-refractivity contribution in [3.63, 3.8) is 0 Å². The van der Waals surface area contributed by atoms with Crippen LogP contribution in [0, 0.1) is 5.92 Å². The molecule has 1 heterocycles. The summed E-state index contributed by atoms with van der Waals surface area (Å²) in [5.74, 6) is -1.78. The first-order chi connectivity index (χ1) is 6.97. The molecule has 1 fully saturated rings. The van der Waals surface area contributed by atoms with Crippen molar-refractivity contribution in [3.8, 4) is 0 Å². The van der Waals surface area contributed by atoms with Crippen LogP contribution in [0.5, 0.6) is 0 Å². The number of rotatable bonds is 4. The van der Waals surface area contributed by atoms with Gasteiger partial charge in [-0.15, -0.1) is 0 Å². The zero-order chi connectivity index (χ0) is 11.6. The number of carbonyl (C=O) groups is 2. The Labute approximate surface area is 87.1 Å². The lowest BCUT2D eigenvalue weighted by Crippen LogP contribution is -2.48. The average molecular weight is 217 g/mol. The number of nitrogens with zero attached hydrogens (tertiary/aromatic N) is 1. The molecule has 1 aliphatic rings. The molecular weight excluding hydrogens is 202 g/mol. The molecule has 1 amide bonds. The average Bonchev–Trinajstić information content (AvgIpc) is 2.46. The molecule has 1 rings (SSSR count). The molecular formula is C9H15NO5. The number of aliphatic hydroxyl groups excluding tert-OH is 2. The Morgan fingerprint density at radius 2 is 2.27 bits per heavy atom. The quantitative estimate of drug-likeness (QED) is 0.541. The van der Waals surface area contributed by atoms with Crippen molar-refractivity contribution in [3.05, 3.63) is 0 Å². The van der Waals surface area contributed by atoms with E-state index < -0.39 is 18.1 Å². The van der Waals surface area contributed by atoms with Crippen molar-refractivity contribution < 1.29 is 24.9 Å². The van der Waals surface area contributed by atoms with Crippen molar-refractivity contribution >= 4 is 11.9 Å². The van der Waals surface area contributed by atoms with E-state index in [1.165, 1.54) is 6.92 Å². The zero-order valence-electron chi connectivity index (χ0n) is 8.46. The number of carboxylic acid groups (broad SMARTS) is 1. The summed E-state index contributed by atoms with van der Waals surface area (Å²) in [5, 5.41) is 27.0. The van der Waals surface area contributed by atoms with Crippen molar-refractivity contribution in [1.82, 2.24) is 4.90 Å². The fourth-order valence-corrected chi connectivity index (χ4v) is 1.80. The summed E-state index contributed by atoms with van der Waals surface area (Å²) in [4.78, 5) is 23.4. The third-order valence-corrected chi connectivity index (χ3v) is 2.54. The maximum Gasteiger partial charge on any atom is 0.329 e. The predicted octanol–water partition coefficient (Wildman–Crippen LogP) is -1.34. The Kier molecular flexibility index (Phi) is 3.65. The molecule has 0 aliphatic carbocycles. The van der Waals surface area contributed by atoms with Crippen LogP contribution in [0.3, 0.4) is 0 Å². The maximum absolute atomic E-state index is 11.4. The summed E-state index contributed by atoms with van der Waals surface area (Å²) < 4.78 is 0. The lowest BCUT2D eigenvalue weighted by atomic mass is 10.1. The van der Waals surface area contributed by atoms with E-state index in [4.69, 9.17) is 10.2 Å². The van der Waals surface area contributed by atoms with E-state index in [1.54, 1.807) is 0 Å². The summed E-state index contributed by atoms with van der Waals surface area (Å²) in [7, 11) is 0. The van der Waals surface area contributed by atoms with Gasteiger partial charge in [0.05, 0.1) is 6.10 Å². The zero-order valence-corrected chi connectivity index (χ0v) is 8.46. The molecule has 0 bridgehead atoms. The molecule has 0 aromatic heterocycles. The van der Waals surface area contributed by atoms with Crippen LogP contribution in [0.25, 0.3) is 0 Å². The Morgan fingerprint density at radius 3 is 2.60 bits per heavy atom. The second kappa shape index (κ2) is 4.59. The highest BCUT2D eigenvalue weighted by Crippen LogP contribution is 2.21. The van der Waals surface area contributed by atoms with E-state index in [0.717, 1.165) is 4.90 Å². The van der Waals surface area contributed by atoms with E-state index in [0.29, 0.717) is 0 Å². The molecule has 0 aromatic carbocycles. The summed E-state index contributed by atoms with van der Waals surface area (Å²) in [5.41, 5.74) is 0. The van der Waals surface area contributed by atoms with Gasteiger partial charge in [0.25, 0.3) is 0 Å². The van der Waals surface area contributed by atoms with Crippen LogP contribution in [0.15, 0.2) is 0 Å². The minimum Gasteiger partial charge on any atom is -0.480 e. The van der Waals surface area contributed by atoms with Crippen LogP contribution < -0.4 is 0 Å². The van der Waals surface area contributed by atoms with Crippen molar-refractivity contribution in [1.29, 1.82) is 0 Å². The molecule has 86 valence electrons. The maximum atomic E-state index is 11.4. The minimum absolute atomic E-state index is 0.144. The Morgan fingerprint density at radius 1 is 1.67 bits per heavy atom. The highest BCUT2D eigenvalue weighted by atomic mass is 16.4. The summed E-state index contributed by atoms with van der Waals surface area (Å²) >= 11 is 0. The van der Waals surface area contributed by atoms with Gasteiger partial charge in [0.15, 0.2) is 6.04 Å². The van der Waals surface area contributed by atoms with E-state index >= 15 is 0 Å². The molecule has 3 N–H and O–H groups in total. The molecule has 1 aliphatic heterocycles. The van der Waals surface area contributed by atoms with E-state index in [9.17, 15) is 14.7 Å². The minimum atomic E-state index is -1.23. The van der Waals surface area contributed by atoms with Gasteiger partial charge in [-0.2, -0.15) is 0 Å². The largest absolute Gasteiger partial charge is 0.480 e. The van der Waals surface area contributed by atoms with Crippen LogP contribution in [0.1, 0.15) is 13.3 Å². The lowest BCUT2D eigenvalue weighted by molar-refractivity contribution is -0.152. The van der Waals surface area contributed by atoms with Gasteiger partial charge in [0.2, 0.25) is 5.91 Å². The summed E-state index contributed by atoms with van der Waals surface area (Å²) in [6, 6.07) is -1.21. The van der Waals surface area contributed by atoms with E-state index in [1.807, 2.05) is 0 Å². The van der Waals surface area contributed by atoms with E-state index in [2.05, 4.69) is 0 Å². The molecule has 0 spiro atoms. The smallest absolute Gasteiger partial charge is 0.329 e. The van der Waals surface area contributed by atoms with E-state index in [-0.39, 0.29) is 31.4 Å². The third-order valence-electron chi connectivity index (χ3n) is 2.54. The van der Waals surface area contributed by atoms with Crippen LogP contribution >= 0.6 is 0 Å². The highest BCUT2D eigenvalue weighted by Gasteiger charge is 2.39. The molecule has 0 saturated carbocycles. The van der Waals surface area contributed by atoms with Gasteiger partial charge in [-0.3, -0.25) is 4.79 Å². The van der Waals surface area contributed by atoms with Gasteiger partial charge in [-0.1, -0.05) is 0 Å². The normalized spacial score (nSPS) is 25.4. The predicted molar refractivity (Wildman–Crippen MR) is 50.0 cm³/mol. The topological polar surface area (TPSA) is 98.1 Å². The Balaban J connectivity index is 2.77. The number of likely N-dealkylation sites (tertiary alicyclic amines) is 1. The molecule has 0 radical (unpaired) electrons. The van der Waals surface area contributed by atoms with Crippen molar-refractivity contribution in [2.24, 2.45) is 5.92 Å². The number of hydrogen-bond donors (Lipinski definition) is 3. The Bertz CT molecular complexity index is 265. The number of amides is 1. The van der Waals surface area contributed by atoms with Crippen LogP contribution in [-0.4, -0.2) is 57.4 Å². The summed E-state index contributed by atoms with van der Waals surface area (Å²) in [6.45, 7) is 1.38. The first-order valence-corrected chi connectivity index (χ1v) is 4.78. The summed E-state index contributed by atoms with van der Waals surface area (Å²) in [6.07, 6.45) is -0.976.